The highest BCUT2D eigenvalue weighted by Gasteiger charge is 2.21. The van der Waals surface area contributed by atoms with Crippen LogP contribution in [0.2, 0.25) is 0 Å². The standard InChI is InChI=1S/C9H19N3S/c1-7(5-9(10)11)12-3-4-13-8(2)6-12/h7-8H,3-6H2,1-2H3,(H3,10,11). The van der Waals surface area contributed by atoms with Crippen molar-refractivity contribution in [3.63, 3.8) is 0 Å². The van der Waals surface area contributed by atoms with Gasteiger partial charge < -0.3 is 5.73 Å². The number of amidine groups is 1. The first kappa shape index (κ1) is 10.9. The van der Waals surface area contributed by atoms with Crippen molar-refractivity contribution in [1.82, 2.24) is 4.90 Å². The van der Waals surface area contributed by atoms with E-state index in [2.05, 4.69) is 18.7 Å². The van der Waals surface area contributed by atoms with Crippen LogP contribution in [0.5, 0.6) is 0 Å². The summed E-state index contributed by atoms with van der Waals surface area (Å²) in [5, 5.41) is 7.96. The topological polar surface area (TPSA) is 53.1 Å². The zero-order valence-corrected chi connectivity index (χ0v) is 9.23. The van der Waals surface area contributed by atoms with Crippen LogP contribution in [-0.4, -0.2) is 40.9 Å². The lowest BCUT2D eigenvalue weighted by molar-refractivity contribution is 0.223. The quantitative estimate of drug-likeness (QED) is 0.532. The summed E-state index contributed by atoms with van der Waals surface area (Å²) in [5.41, 5.74) is 5.39. The first-order chi connectivity index (χ1) is 6.09. The van der Waals surface area contributed by atoms with Gasteiger partial charge in [0.2, 0.25) is 0 Å². The van der Waals surface area contributed by atoms with Crippen LogP contribution in [0.25, 0.3) is 0 Å². The summed E-state index contributed by atoms with van der Waals surface area (Å²) in [7, 11) is 0. The van der Waals surface area contributed by atoms with E-state index in [0.29, 0.717) is 18.3 Å². The molecule has 4 heteroatoms. The molecule has 0 aromatic rings. The Morgan fingerprint density at radius 1 is 1.77 bits per heavy atom. The van der Waals surface area contributed by atoms with Gasteiger partial charge in [-0.15, -0.1) is 0 Å². The average Bonchev–Trinajstić information content (AvgIpc) is 2.03. The SMILES string of the molecule is CC1CN(C(C)CC(=N)N)CCS1. The number of nitrogens with two attached hydrogens (primary N) is 1. The van der Waals surface area contributed by atoms with Gasteiger partial charge in [0.05, 0.1) is 5.84 Å². The van der Waals surface area contributed by atoms with Gasteiger partial charge in [-0.25, -0.2) is 0 Å². The van der Waals surface area contributed by atoms with E-state index >= 15 is 0 Å². The molecule has 1 saturated heterocycles. The summed E-state index contributed by atoms with van der Waals surface area (Å²) < 4.78 is 0. The Labute approximate surface area is 84.6 Å². The van der Waals surface area contributed by atoms with Gasteiger partial charge in [-0.05, 0) is 6.92 Å². The summed E-state index contributed by atoms with van der Waals surface area (Å²) in [6.45, 7) is 6.70. The maximum absolute atomic E-state index is 7.24. The van der Waals surface area contributed by atoms with E-state index in [1.807, 2.05) is 11.8 Å². The summed E-state index contributed by atoms with van der Waals surface area (Å²) in [5.74, 6) is 1.52. The van der Waals surface area contributed by atoms with E-state index in [4.69, 9.17) is 11.1 Å². The lowest BCUT2D eigenvalue weighted by Gasteiger charge is -2.35. The van der Waals surface area contributed by atoms with Crippen LogP contribution in [0, 0.1) is 5.41 Å². The van der Waals surface area contributed by atoms with E-state index < -0.39 is 0 Å². The highest BCUT2D eigenvalue weighted by atomic mass is 32.2. The van der Waals surface area contributed by atoms with E-state index in [1.54, 1.807) is 0 Å². The van der Waals surface area contributed by atoms with E-state index in [-0.39, 0.29) is 0 Å². The first-order valence-electron chi connectivity index (χ1n) is 4.78. The summed E-state index contributed by atoms with van der Waals surface area (Å²) in [4.78, 5) is 2.43. The van der Waals surface area contributed by atoms with Crippen LogP contribution in [0.15, 0.2) is 0 Å². The monoisotopic (exact) mass is 201 g/mol. The molecular formula is C9H19N3S. The van der Waals surface area contributed by atoms with E-state index in [0.717, 1.165) is 18.3 Å². The van der Waals surface area contributed by atoms with Crippen LogP contribution < -0.4 is 5.73 Å². The van der Waals surface area contributed by atoms with Crippen molar-refractivity contribution in [2.75, 3.05) is 18.8 Å². The second-order valence-corrected chi connectivity index (χ2v) is 5.30. The molecule has 0 amide bonds. The van der Waals surface area contributed by atoms with Gasteiger partial charge in [-0.2, -0.15) is 11.8 Å². The molecule has 13 heavy (non-hydrogen) atoms. The predicted molar refractivity (Wildman–Crippen MR) is 59.5 cm³/mol. The predicted octanol–water partition coefficient (Wildman–Crippen LogP) is 1.14. The lowest BCUT2D eigenvalue weighted by atomic mass is 10.2. The third-order valence-corrected chi connectivity index (χ3v) is 3.55. The zero-order chi connectivity index (χ0) is 9.84. The summed E-state index contributed by atoms with van der Waals surface area (Å²) >= 11 is 2.03. The number of hydrogen-bond acceptors (Lipinski definition) is 3. The highest BCUT2D eigenvalue weighted by molar-refractivity contribution is 7.99. The number of hydrogen-bond donors (Lipinski definition) is 2. The van der Waals surface area contributed by atoms with Gasteiger partial charge in [-0.1, -0.05) is 6.92 Å². The number of nitrogens with one attached hydrogen (secondary N) is 1. The fourth-order valence-electron chi connectivity index (χ4n) is 1.69. The van der Waals surface area contributed by atoms with Gasteiger partial charge in [-0.3, -0.25) is 10.3 Å². The molecule has 1 heterocycles. The minimum absolute atomic E-state index is 0.304. The maximum atomic E-state index is 7.24. The smallest absolute Gasteiger partial charge is 0.0920 e. The number of thioether (sulfide) groups is 1. The Balaban J connectivity index is 2.36. The number of nitrogens with zero attached hydrogens (tertiary/aromatic N) is 1. The van der Waals surface area contributed by atoms with E-state index in [1.165, 1.54) is 5.75 Å². The second kappa shape index (κ2) is 4.86. The Morgan fingerprint density at radius 3 is 3.00 bits per heavy atom. The molecule has 0 saturated carbocycles. The van der Waals surface area contributed by atoms with Crippen molar-refractivity contribution >= 4 is 17.6 Å². The fraction of sp³-hybridized carbons (Fsp3) is 0.889. The highest BCUT2D eigenvalue weighted by Crippen LogP contribution is 2.20. The normalized spacial score (nSPS) is 27.1. The molecule has 1 aliphatic rings. The van der Waals surface area contributed by atoms with Crippen molar-refractivity contribution in [2.45, 2.75) is 31.6 Å². The summed E-state index contributed by atoms with van der Waals surface area (Å²) in [6, 6.07) is 0.431. The third-order valence-electron chi connectivity index (χ3n) is 2.41. The molecule has 2 atom stereocenters. The van der Waals surface area contributed by atoms with Crippen molar-refractivity contribution in [3.05, 3.63) is 0 Å². The van der Waals surface area contributed by atoms with Gasteiger partial charge in [0.15, 0.2) is 0 Å². The molecule has 2 unspecified atom stereocenters. The fourth-order valence-corrected chi connectivity index (χ4v) is 2.73. The minimum atomic E-state index is 0.304. The second-order valence-electron chi connectivity index (χ2n) is 3.75. The van der Waals surface area contributed by atoms with Gasteiger partial charge in [0, 0.05) is 36.6 Å². The molecule has 1 rings (SSSR count). The van der Waals surface area contributed by atoms with Crippen molar-refractivity contribution < 1.29 is 0 Å². The molecule has 0 bridgehead atoms. The molecule has 0 aromatic carbocycles. The Kier molecular flexibility index (Phi) is 4.06. The molecule has 1 fully saturated rings. The van der Waals surface area contributed by atoms with E-state index in [9.17, 15) is 0 Å². The lowest BCUT2D eigenvalue weighted by Crippen LogP contribution is -2.43. The van der Waals surface area contributed by atoms with Crippen molar-refractivity contribution in [2.24, 2.45) is 5.73 Å². The minimum Gasteiger partial charge on any atom is -0.388 e. The molecular weight excluding hydrogens is 182 g/mol. The molecule has 1 aliphatic heterocycles. The molecule has 3 nitrogen and oxygen atoms in total. The molecule has 0 radical (unpaired) electrons. The van der Waals surface area contributed by atoms with Gasteiger partial charge in [0.25, 0.3) is 0 Å². The molecule has 0 spiro atoms. The molecule has 76 valence electrons. The molecule has 0 aromatic heterocycles. The Morgan fingerprint density at radius 2 is 2.46 bits per heavy atom. The van der Waals surface area contributed by atoms with Gasteiger partial charge >= 0.3 is 0 Å². The van der Waals surface area contributed by atoms with Gasteiger partial charge in [0.1, 0.15) is 0 Å². The van der Waals surface area contributed by atoms with Crippen LogP contribution in [0.3, 0.4) is 0 Å². The average molecular weight is 201 g/mol. The molecule has 3 N–H and O–H groups in total. The number of rotatable bonds is 3. The molecule has 0 aliphatic carbocycles. The van der Waals surface area contributed by atoms with Crippen molar-refractivity contribution in [3.8, 4) is 0 Å². The Bertz CT molecular complexity index is 184. The summed E-state index contributed by atoms with van der Waals surface area (Å²) in [6.07, 6.45) is 0.706. The van der Waals surface area contributed by atoms with Crippen molar-refractivity contribution in [1.29, 1.82) is 5.41 Å². The first-order valence-corrected chi connectivity index (χ1v) is 5.83. The van der Waals surface area contributed by atoms with Crippen LogP contribution >= 0.6 is 11.8 Å². The zero-order valence-electron chi connectivity index (χ0n) is 8.42. The third kappa shape index (κ3) is 3.56. The van der Waals surface area contributed by atoms with Crippen LogP contribution in [0.4, 0.5) is 0 Å². The van der Waals surface area contributed by atoms with Crippen LogP contribution in [0.1, 0.15) is 20.3 Å². The Hall–Kier alpha value is -0.220. The largest absolute Gasteiger partial charge is 0.388 e. The maximum Gasteiger partial charge on any atom is 0.0920 e. The van der Waals surface area contributed by atoms with Crippen LogP contribution in [-0.2, 0) is 0 Å².